The Morgan fingerprint density at radius 1 is 1.38 bits per heavy atom. The van der Waals surface area contributed by atoms with Crippen LogP contribution in [0.1, 0.15) is 21.6 Å². The molecule has 0 aliphatic rings. The minimum atomic E-state index is -1.11. The standard InChI is InChI=1S/C13H12N4O4/c1-7-3-4-9(5-11(7)17(20)21)16-13-14-6-10(12(18)19)8(2)15-13/h3-6H,1-2H3,(H,18,19)(H,14,15,16). The number of carbonyl (C=O) groups is 1. The molecule has 1 aromatic heterocycles. The van der Waals surface area contributed by atoms with Crippen LogP contribution in [0.4, 0.5) is 17.3 Å². The van der Waals surface area contributed by atoms with E-state index in [1.807, 2.05) is 0 Å². The van der Waals surface area contributed by atoms with Crippen LogP contribution in [0.2, 0.25) is 0 Å². The maximum absolute atomic E-state index is 10.9. The third-order valence-corrected chi connectivity index (χ3v) is 2.87. The largest absolute Gasteiger partial charge is 0.478 e. The van der Waals surface area contributed by atoms with Crippen LogP contribution >= 0.6 is 0 Å². The molecular weight excluding hydrogens is 276 g/mol. The van der Waals surface area contributed by atoms with E-state index in [4.69, 9.17) is 5.11 Å². The summed E-state index contributed by atoms with van der Waals surface area (Å²) in [5, 5.41) is 22.6. The summed E-state index contributed by atoms with van der Waals surface area (Å²) < 4.78 is 0. The molecule has 2 rings (SSSR count). The van der Waals surface area contributed by atoms with Crippen LogP contribution in [0.25, 0.3) is 0 Å². The summed E-state index contributed by atoms with van der Waals surface area (Å²) >= 11 is 0. The Hall–Kier alpha value is -3.03. The molecule has 0 aliphatic carbocycles. The zero-order valence-electron chi connectivity index (χ0n) is 11.3. The molecule has 0 amide bonds. The maximum Gasteiger partial charge on any atom is 0.339 e. The summed E-state index contributed by atoms with van der Waals surface area (Å²) in [4.78, 5) is 29.2. The van der Waals surface area contributed by atoms with Crippen molar-refractivity contribution in [3.8, 4) is 0 Å². The molecule has 21 heavy (non-hydrogen) atoms. The average molecular weight is 288 g/mol. The summed E-state index contributed by atoms with van der Waals surface area (Å²) in [7, 11) is 0. The van der Waals surface area contributed by atoms with Crippen molar-refractivity contribution in [3.05, 3.63) is 51.3 Å². The molecule has 0 aliphatic heterocycles. The van der Waals surface area contributed by atoms with Crippen LogP contribution in [-0.2, 0) is 0 Å². The summed E-state index contributed by atoms with van der Waals surface area (Å²) in [6, 6.07) is 4.64. The first-order valence-electron chi connectivity index (χ1n) is 5.97. The van der Waals surface area contributed by atoms with Crippen molar-refractivity contribution < 1.29 is 14.8 Å². The van der Waals surface area contributed by atoms with Gasteiger partial charge in [-0.1, -0.05) is 6.07 Å². The molecule has 0 saturated carbocycles. The third kappa shape index (κ3) is 3.11. The molecule has 0 saturated heterocycles. The summed E-state index contributed by atoms with van der Waals surface area (Å²) in [5.41, 5.74) is 1.30. The Balaban J connectivity index is 2.30. The molecule has 2 N–H and O–H groups in total. The highest BCUT2D eigenvalue weighted by atomic mass is 16.6. The van der Waals surface area contributed by atoms with E-state index in [1.54, 1.807) is 26.0 Å². The predicted octanol–water partition coefficient (Wildman–Crippen LogP) is 2.44. The Bertz CT molecular complexity index is 730. The number of carboxylic acid groups (broad SMARTS) is 1. The van der Waals surface area contributed by atoms with Gasteiger partial charge in [-0.3, -0.25) is 10.1 Å². The Morgan fingerprint density at radius 3 is 2.67 bits per heavy atom. The number of carboxylic acids is 1. The van der Waals surface area contributed by atoms with Crippen molar-refractivity contribution in [2.24, 2.45) is 0 Å². The van der Waals surface area contributed by atoms with Gasteiger partial charge in [0.15, 0.2) is 0 Å². The van der Waals surface area contributed by atoms with Gasteiger partial charge >= 0.3 is 5.97 Å². The van der Waals surface area contributed by atoms with Crippen molar-refractivity contribution >= 4 is 23.3 Å². The fourth-order valence-electron chi connectivity index (χ4n) is 1.75. The molecule has 0 radical (unpaired) electrons. The second kappa shape index (κ2) is 5.53. The lowest BCUT2D eigenvalue weighted by Crippen LogP contribution is -2.06. The molecule has 0 bridgehead atoms. The van der Waals surface area contributed by atoms with Crippen LogP contribution in [-0.4, -0.2) is 26.0 Å². The summed E-state index contributed by atoms with van der Waals surface area (Å²) in [6.45, 7) is 3.19. The van der Waals surface area contributed by atoms with Crippen molar-refractivity contribution in [2.45, 2.75) is 13.8 Å². The predicted molar refractivity (Wildman–Crippen MR) is 74.8 cm³/mol. The van der Waals surface area contributed by atoms with Gasteiger partial charge in [0.05, 0.1) is 16.2 Å². The molecule has 2 aromatic rings. The molecule has 108 valence electrons. The molecule has 0 atom stereocenters. The van der Waals surface area contributed by atoms with Crippen molar-refractivity contribution in [1.82, 2.24) is 9.97 Å². The topological polar surface area (TPSA) is 118 Å². The Morgan fingerprint density at radius 2 is 2.10 bits per heavy atom. The van der Waals surface area contributed by atoms with Gasteiger partial charge in [-0.05, 0) is 19.9 Å². The van der Waals surface area contributed by atoms with E-state index in [2.05, 4.69) is 15.3 Å². The first kappa shape index (κ1) is 14.4. The van der Waals surface area contributed by atoms with Gasteiger partial charge in [-0.25, -0.2) is 14.8 Å². The van der Waals surface area contributed by atoms with E-state index in [1.165, 1.54) is 12.3 Å². The van der Waals surface area contributed by atoms with Gasteiger partial charge in [-0.2, -0.15) is 0 Å². The molecule has 8 nitrogen and oxygen atoms in total. The van der Waals surface area contributed by atoms with Crippen molar-refractivity contribution in [3.63, 3.8) is 0 Å². The van der Waals surface area contributed by atoms with Crippen LogP contribution in [0.5, 0.6) is 0 Å². The number of rotatable bonds is 4. The maximum atomic E-state index is 10.9. The molecule has 0 spiro atoms. The zero-order valence-corrected chi connectivity index (χ0v) is 11.3. The van der Waals surface area contributed by atoms with Gasteiger partial charge in [0, 0.05) is 23.5 Å². The lowest BCUT2D eigenvalue weighted by Gasteiger charge is -2.07. The first-order chi connectivity index (χ1) is 9.88. The van der Waals surface area contributed by atoms with Crippen LogP contribution in [0, 0.1) is 24.0 Å². The van der Waals surface area contributed by atoms with Crippen LogP contribution in [0.15, 0.2) is 24.4 Å². The van der Waals surface area contributed by atoms with Crippen molar-refractivity contribution in [2.75, 3.05) is 5.32 Å². The monoisotopic (exact) mass is 288 g/mol. The highest BCUT2D eigenvalue weighted by Crippen LogP contribution is 2.24. The SMILES string of the molecule is Cc1ccc(Nc2ncc(C(=O)O)c(C)n2)cc1[N+](=O)[O-]. The number of nitro groups is 1. The molecule has 0 unspecified atom stereocenters. The fourth-order valence-corrected chi connectivity index (χ4v) is 1.75. The van der Waals surface area contributed by atoms with E-state index >= 15 is 0 Å². The smallest absolute Gasteiger partial charge is 0.339 e. The number of hydrogen-bond donors (Lipinski definition) is 2. The average Bonchev–Trinajstić information content (AvgIpc) is 2.40. The van der Waals surface area contributed by atoms with Crippen LogP contribution in [0.3, 0.4) is 0 Å². The van der Waals surface area contributed by atoms with Gasteiger partial charge < -0.3 is 10.4 Å². The lowest BCUT2D eigenvalue weighted by atomic mass is 10.2. The Labute approximate surface area is 119 Å². The number of aromatic carboxylic acids is 1. The lowest BCUT2D eigenvalue weighted by molar-refractivity contribution is -0.385. The number of benzene rings is 1. The van der Waals surface area contributed by atoms with E-state index in [0.29, 0.717) is 16.9 Å². The molecular formula is C13H12N4O4. The molecule has 8 heteroatoms. The minimum Gasteiger partial charge on any atom is -0.478 e. The second-order valence-corrected chi connectivity index (χ2v) is 4.38. The molecule has 1 aromatic carbocycles. The number of aryl methyl sites for hydroxylation is 2. The second-order valence-electron chi connectivity index (χ2n) is 4.38. The molecule has 1 heterocycles. The van der Waals surface area contributed by atoms with Gasteiger partial charge in [0.2, 0.25) is 5.95 Å². The van der Waals surface area contributed by atoms with Crippen molar-refractivity contribution in [1.29, 1.82) is 0 Å². The highest BCUT2D eigenvalue weighted by molar-refractivity contribution is 5.88. The van der Waals surface area contributed by atoms with E-state index in [9.17, 15) is 14.9 Å². The minimum absolute atomic E-state index is 0.00966. The third-order valence-electron chi connectivity index (χ3n) is 2.87. The van der Waals surface area contributed by atoms with Gasteiger partial charge in [0.25, 0.3) is 5.69 Å². The molecule has 0 fully saturated rings. The summed E-state index contributed by atoms with van der Waals surface area (Å²) in [5.74, 6) is -0.930. The van der Waals surface area contributed by atoms with E-state index < -0.39 is 10.9 Å². The Kier molecular flexibility index (Phi) is 3.79. The number of nitrogens with one attached hydrogen (secondary N) is 1. The van der Waals surface area contributed by atoms with Gasteiger partial charge in [-0.15, -0.1) is 0 Å². The fraction of sp³-hybridized carbons (Fsp3) is 0.154. The van der Waals surface area contributed by atoms with Gasteiger partial charge in [0.1, 0.15) is 0 Å². The first-order valence-corrected chi connectivity index (χ1v) is 5.97. The normalized spacial score (nSPS) is 10.2. The number of hydrogen-bond acceptors (Lipinski definition) is 6. The number of aromatic nitrogens is 2. The van der Waals surface area contributed by atoms with Crippen LogP contribution < -0.4 is 5.32 Å². The van der Waals surface area contributed by atoms with E-state index in [0.717, 1.165) is 0 Å². The summed E-state index contributed by atoms with van der Waals surface area (Å²) in [6.07, 6.45) is 1.19. The number of nitrogens with zero attached hydrogens (tertiary/aromatic N) is 3. The number of nitro benzene ring substituents is 1. The number of anilines is 2. The quantitative estimate of drug-likeness (QED) is 0.655. The highest BCUT2D eigenvalue weighted by Gasteiger charge is 2.13. The van der Waals surface area contributed by atoms with E-state index in [-0.39, 0.29) is 17.2 Å². The zero-order chi connectivity index (χ0) is 15.6.